The highest BCUT2D eigenvalue weighted by Gasteiger charge is 2.67. The van der Waals surface area contributed by atoms with Gasteiger partial charge in [-0.15, -0.1) is 0 Å². The number of aliphatic hydroxyl groups is 1. The molecule has 0 radical (unpaired) electrons. The average molecular weight is 542 g/mol. The first-order valence-corrected chi connectivity index (χ1v) is 15.8. The van der Waals surface area contributed by atoms with Gasteiger partial charge in [0.25, 0.3) is 0 Å². The van der Waals surface area contributed by atoms with Crippen molar-refractivity contribution in [3.63, 3.8) is 0 Å². The van der Waals surface area contributed by atoms with E-state index in [9.17, 15) is 18.7 Å². The lowest BCUT2D eigenvalue weighted by Gasteiger charge is -2.62. The molecule has 10 atom stereocenters. The van der Waals surface area contributed by atoms with Crippen LogP contribution in [0.2, 0.25) is 0 Å². The first kappa shape index (κ1) is 26.4. The number of aliphatic hydroxyl groups excluding tert-OH is 1. The van der Waals surface area contributed by atoms with Crippen molar-refractivity contribution < 1.29 is 23.4 Å². The maximum absolute atomic E-state index is 14.3. The van der Waals surface area contributed by atoms with Gasteiger partial charge in [-0.2, -0.15) is 0 Å². The minimum absolute atomic E-state index is 0.0491. The summed E-state index contributed by atoms with van der Waals surface area (Å²) >= 11 is 0. The molecule has 0 aromatic heterocycles. The van der Waals surface area contributed by atoms with Gasteiger partial charge in [-0.1, -0.05) is 6.92 Å². The van der Waals surface area contributed by atoms with Crippen LogP contribution in [0.5, 0.6) is 0 Å². The van der Waals surface area contributed by atoms with Crippen molar-refractivity contribution >= 4 is 11.6 Å². The van der Waals surface area contributed by atoms with Crippen LogP contribution in [0.4, 0.5) is 14.5 Å². The second-order valence-corrected chi connectivity index (χ2v) is 14.3. The number of carbonyl (C=O) groups is 1. The number of fused-ring (bicyclic) bond motifs is 5. The molecule has 1 aromatic rings. The summed E-state index contributed by atoms with van der Waals surface area (Å²) < 4.78 is 34.4. The molecule has 5 saturated carbocycles. The Morgan fingerprint density at radius 2 is 1.87 bits per heavy atom. The molecule has 6 heteroatoms. The minimum Gasteiger partial charge on any atom is -0.393 e. The third-order valence-corrected chi connectivity index (χ3v) is 13.4. The Labute approximate surface area is 231 Å². The lowest BCUT2D eigenvalue weighted by Crippen LogP contribution is -2.59. The number of rotatable bonds is 4. The van der Waals surface area contributed by atoms with Gasteiger partial charge >= 0.3 is 0 Å². The second kappa shape index (κ2) is 9.51. The summed E-state index contributed by atoms with van der Waals surface area (Å²) in [5.41, 5.74) is 1.48. The number of ether oxygens (including phenoxy) is 1. The number of nitrogens with zero attached hydrogens (tertiary/aromatic N) is 1. The second-order valence-electron chi connectivity index (χ2n) is 14.3. The molecule has 5 fully saturated rings. The highest BCUT2D eigenvalue weighted by molar-refractivity contribution is 5.95. The normalized spacial score (nSPS) is 44.4. The predicted molar refractivity (Wildman–Crippen MR) is 146 cm³/mol. The van der Waals surface area contributed by atoms with Crippen LogP contribution in [-0.4, -0.2) is 36.9 Å². The molecule has 39 heavy (non-hydrogen) atoms. The maximum atomic E-state index is 14.3. The fraction of sp³-hybridized carbons (Fsp3) is 0.788. The number of carbonyl (C=O) groups excluding carboxylic acids is 1. The molecule has 1 aliphatic heterocycles. The van der Waals surface area contributed by atoms with Crippen LogP contribution in [0.25, 0.3) is 0 Å². The van der Waals surface area contributed by atoms with Crippen LogP contribution in [0.3, 0.4) is 0 Å². The van der Waals surface area contributed by atoms with E-state index in [0.29, 0.717) is 65.8 Å². The summed E-state index contributed by atoms with van der Waals surface area (Å²) in [6, 6.07) is 2.71. The predicted octanol–water partition coefficient (Wildman–Crippen LogP) is 6.67. The Bertz CT molecular complexity index is 1140. The number of benzene rings is 1. The van der Waals surface area contributed by atoms with E-state index in [0.717, 1.165) is 50.0 Å². The summed E-state index contributed by atoms with van der Waals surface area (Å²) in [4.78, 5) is 15.0. The smallest absolute Gasteiger partial charge is 0.227 e. The lowest BCUT2D eigenvalue weighted by molar-refractivity contribution is -0.181. The van der Waals surface area contributed by atoms with Gasteiger partial charge < -0.3 is 14.7 Å². The lowest BCUT2D eigenvalue weighted by atomic mass is 9.44. The number of anilines is 1. The zero-order chi connectivity index (χ0) is 27.1. The molecule has 7 rings (SSSR count). The van der Waals surface area contributed by atoms with Gasteiger partial charge in [-0.3, -0.25) is 4.79 Å². The van der Waals surface area contributed by atoms with Crippen molar-refractivity contribution in [1.82, 2.24) is 0 Å². The number of methoxy groups -OCH3 is 1. The number of hydrogen-bond donors (Lipinski definition) is 1. The zero-order valence-electron chi connectivity index (χ0n) is 23.6. The molecule has 1 N–H and O–H groups in total. The molecule has 0 bridgehead atoms. The monoisotopic (exact) mass is 541 g/mol. The first-order valence-electron chi connectivity index (χ1n) is 15.8. The number of hydrogen-bond acceptors (Lipinski definition) is 3. The van der Waals surface area contributed by atoms with Crippen molar-refractivity contribution in [2.24, 2.45) is 46.3 Å². The molecule has 1 aromatic carbocycles. The van der Waals surface area contributed by atoms with Gasteiger partial charge in [-0.25, -0.2) is 8.78 Å². The summed E-state index contributed by atoms with van der Waals surface area (Å²) in [5, 5.41) is 10.4. The van der Waals surface area contributed by atoms with E-state index < -0.39 is 11.6 Å². The highest BCUT2D eigenvalue weighted by Crippen LogP contribution is 2.72. The highest BCUT2D eigenvalue weighted by atomic mass is 19.2. The quantitative estimate of drug-likeness (QED) is 0.463. The van der Waals surface area contributed by atoms with Gasteiger partial charge in [0.1, 0.15) is 0 Å². The van der Waals surface area contributed by atoms with E-state index in [-0.39, 0.29) is 17.4 Å². The van der Waals surface area contributed by atoms with Crippen molar-refractivity contribution in [3.8, 4) is 0 Å². The molecular weight excluding hydrogens is 496 g/mol. The molecular formula is C33H45F2NO3. The van der Waals surface area contributed by atoms with Crippen LogP contribution in [0, 0.1) is 58.0 Å². The average Bonchev–Trinajstić information content (AvgIpc) is 3.62. The van der Waals surface area contributed by atoms with Crippen molar-refractivity contribution in [3.05, 3.63) is 29.3 Å². The van der Waals surface area contributed by atoms with Crippen LogP contribution < -0.4 is 4.90 Å². The van der Waals surface area contributed by atoms with Crippen LogP contribution in [0.1, 0.15) is 89.5 Å². The van der Waals surface area contributed by atoms with Gasteiger partial charge in [0.15, 0.2) is 11.6 Å². The Morgan fingerprint density at radius 3 is 2.69 bits per heavy atom. The molecule has 6 aliphatic rings. The van der Waals surface area contributed by atoms with E-state index in [2.05, 4.69) is 6.92 Å². The molecule has 5 aliphatic carbocycles. The Balaban J connectivity index is 1.07. The van der Waals surface area contributed by atoms with E-state index in [1.165, 1.54) is 38.5 Å². The Morgan fingerprint density at radius 1 is 1.05 bits per heavy atom. The molecule has 1 spiro atoms. The van der Waals surface area contributed by atoms with E-state index in [1.807, 2.05) is 7.11 Å². The number of halogens is 2. The first-order chi connectivity index (χ1) is 18.8. The summed E-state index contributed by atoms with van der Waals surface area (Å²) in [6.07, 6.45) is 13.7. The van der Waals surface area contributed by atoms with Crippen LogP contribution in [-0.2, 0) is 16.0 Å². The Hall–Kier alpha value is -1.53. The van der Waals surface area contributed by atoms with E-state index in [1.54, 1.807) is 11.0 Å². The fourth-order valence-electron chi connectivity index (χ4n) is 11.7. The van der Waals surface area contributed by atoms with E-state index >= 15 is 0 Å². The summed E-state index contributed by atoms with van der Waals surface area (Å²) in [7, 11) is 1.93. The van der Waals surface area contributed by atoms with Gasteiger partial charge in [0, 0.05) is 31.1 Å². The van der Waals surface area contributed by atoms with Gasteiger partial charge in [0.2, 0.25) is 5.91 Å². The van der Waals surface area contributed by atoms with Gasteiger partial charge in [-0.05, 0) is 130 Å². The largest absolute Gasteiger partial charge is 0.393 e. The van der Waals surface area contributed by atoms with E-state index in [4.69, 9.17) is 4.74 Å². The third kappa shape index (κ3) is 3.75. The molecule has 0 saturated heterocycles. The third-order valence-electron chi connectivity index (χ3n) is 13.4. The standard InChI is InChI=1S/C33H45F2NO3/c1-32-14-12-21(37)17-20(32)4-5-22-25-7-6-24-19(11-15-33(24,25)29(39-2)18-26(22)32)3-10-30(38)36-16-13-23-28(36)9-8-27(34)31(23)35/h8-9,19-22,24-26,29,37H,3-7,10-18H2,1-2H3/t19-,20+,21+,22-,24+,25-,26-,29-,32-,33+/m0/s1. The molecule has 1 heterocycles. The molecule has 1 amide bonds. The molecule has 0 unspecified atom stereocenters. The maximum Gasteiger partial charge on any atom is 0.227 e. The zero-order valence-corrected chi connectivity index (χ0v) is 23.6. The van der Waals surface area contributed by atoms with Crippen molar-refractivity contribution in [1.29, 1.82) is 0 Å². The SMILES string of the molecule is CO[C@H]1C[C@H]2[C@@H](CC[C@@H]3C[C@H](O)CC[C@@]32C)[C@@H]2CC[C@@H]3[C@@H](CCC(=O)N4CCc5c4ccc(F)c5F)CC[C@@]132. The minimum atomic E-state index is -0.832. The van der Waals surface area contributed by atoms with Crippen molar-refractivity contribution in [2.45, 2.75) is 103 Å². The molecule has 214 valence electrons. The van der Waals surface area contributed by atoms with Gasteiger partial charge in [0.05, 0.1) is 17.9 Å². The summed E-state index contributed by atoms with van der Waals surface area (Å²) in [5.74, 6) is 2.42. The van der Waals surface area contributed by atoms with Crippen LogP contribution in [0.15, 0.2) is 12.1 Å². The number of amides is 1. The Kier molecular flexibility index (Phi) is 6.43. The fourth-order valence-corrected chi connectivity index (χ4v) is 11.7. The van der Waals surface area contributed by atoms with Crippen molar-refractivity contribution in [2.75, 3.05) is 18.6 Å². The molecule has 4 nitrogen and oxygen atoms in total. The van der Waals surface area contributed by atoms with Crippen LogP contribution >= 0.6 is 0 Å². The summed E-state index contributed by atoms with van der Waals surface area (Å²) in [6.45, 7) is 2.98. The topological polar surface area (TPSA) is 49.8 Å².